The summed E-state index contributed by atoms with van der Waals surface area (Å²) in [7, 11) is 0. The molecule has 1 aromatic carbocycles. The number of hydrogen-bond acceptors (Lipinski definition) is 2. The molecule has 3 rings (SSSR count). The highest BCUT2D eigenvalue weighted by atomic mass is 79.9. The minimum absolute atomic E-state index is 0. The Balaban J connectivity index is 0.00000192. The molecule has 2 aromatic rings. The van der Waals surface area contributed by atoms with Crippen LogP contribution in [0.5, 0.6) is 0 Å². The van der Waals surface area contributed by atoms with Gasteiger partial charge in [-0.3, -0.25) is 4.79 Å². The van der Waals surface area contributed by atoms with Gasteiger partial charge >= 0.3 is 5.97 Å². The van der Waals surface area contributed by atoms with E-state index in [9.17, 15) is 9.18 Å². The van der Waals surface area contributed by atoms with E-state index in [1.807, 2.05) is 6.20 Å². The van der Waals surface area contributed by atoms with Crippen molar-refractivity contribution in [1.29, 1.82) is 0 Å². The van der Waals surface area contributed by atoms with E-state index in [0.29, 0.717) is 6.61 Å². The number of fused-ring (bicyclic) bond motifs is 1. The lowest BCUT2D eigenvalue weighted by atomic mass is 10.2. The molecule has 0 bridgehead atoms. The number of esters is 1. The summed E-state index contributed by atoms with van der Waals surface area (Å²) in [6, 6.07) is 4.70. The Kier molecular flexibility index (Phi) is 5.93. The summed E-state index contributed by atoms with van der Waals surface area (Å²) in [5, 5.41) is 0.956. The largest absolute Gasteiger partial charge is 1.00 e. The standard InChI is InChI=1S/C17H20FN2O2.BrH/c1-2-22-17(21)12-20-11-13(10-19-7-3-4-8-19)15-6-5-14(18)9-16(15)20;/h5-6,9-11H,2-4,7-8,12H2,1H3;1H/q+1;/p-1. The molecule has 1 aromatic heterocycles. The van der Waals surface area contributed by atoms with Crippen LogP contribution in [0, 0.1) is 5.82 Å². The van der Waals surface area contributed by atoms with Gasteiger partial charge in [0.1, 0.15) is 25.5 Å². The molecular formula is C17H20BrFN2O2. The zero-order chi connectivity index (χ0) is 15.5. The minimum Gasteiger partial charge on any atom is -1.00 e. The van der Waals surface area contributed by atoms with E-state index >= 15 is 0 Å². The molecule has 2 heterocycles. The second kappa shape index (κ2) is 7.73. The van der Waals surface area contributed by atoms with Crippen LogP contribution in [0.25, 0.3) is 10.9 Å². The van der Waals surface area contributed by atoms with Crippen molar-refractivity contribution in [2.24, 2.45) is 0 Å². The van der Waals surface area contributed by atoms with Crippen LogP contribution in [-0.4, -0.2) is 41.0 Å². The summed E-state index contributed by atoms with van der Waals surface area (Å²) in [4.78, 5) is 11.7. The number of carbonyl (C=O) groups is 1. The van der Waals surface area contributed by atoms with Crippen LogP contribution >= 0.6 is 0 Å². The molecule has 4 nitrogen and oxygen atoms in total. The monoisotopic (exact) mass is 382 g/mol. The molecule has 0 atom stereocenters. The van der Waals surface area contributed by atoms with Gasteiger partial charge in [-0.15, -0.1) is 0 Å². The second-order valence-corrected chi connectivity index (χ2v) is 5.55. The first-order chi connectivity index (χ1) is 10.7. The molecule has 0 saturated carbocycles. The summed E-state index contributed by atoms with van der Waals surface area (Å²) in [6.07, 6.45) is 6.41. The van der Waals surface area contributed by atoms with E-state index < -0.39 is 0 Å². The predicted octanol–water partition coefficient (Wildman–Crippen LogP) is -0.427. The smallest absolute Gasteiger partial charge is 0.325 e. The van der Waals surface area contributed by atoms with Gasteiger partial charge in [0, 0.05) is 24.4 Å². The highest BCUT2D eigenvalue weighted by molar-refractivity contribution is 5.98. The summed E-state index contributed by atoms with van der Waals surface area (Å²) in [6.45, 7) is 4.32. The van der Waals surface area contributed by atoms with Crippen LogP contribution in [0.1, 0.15) is 25.3 Å². The van der Waals surface area contributed by atoms with E-state index in [4.69, 9.17) is 4.74 Å². The fraction of sp³-hybridized carbons (Fsp3) is 0.412. The van der Waals surface area contributed by atoms with Crippen LogP contribution in [0.2, 0.25) is 0 Å². The molecule has 1 saturated heterocycles. The zero-order valence-electron chi connectivity index (χ0n) is 13.1. The number of carbonyl (C=O) groups excluding carboxylic acids is 1. The fourth-order valence-electron chi connectivity index (χ4n) is 2.94. The van der Waals surface area contributed by atoms with Gasteiger partial charge in [0.25, 0.3) is 0 Å². The lowest BCUT2D eigenvalue weighted by molar-refractivity contribution is -0.500. The molecule has 0 aliphatic carbocycles. The van der Waals surface area contributed by atoms with Gasteiger partial charge in [-0.1, -0.05) is 0 Å². The normalized spacial score (nSPS) is 13.9. The molecule has 124 valence electrons. The van der Waals surface area contributed by atoms with Gasteiger partial charge < -0.3 is 26.3 Å². The number of halogens is 2. The highest BCUT2D eigenvalue weighted by Crippen LogP contribution is 2.22. The summed E-state index contributed by atoms with van der Waals surface area (Å²) in [5.41, 5.74) is 1.74. The lowest BCUT2D eigenvalue weighted by Crippen LogP contribution is -3.00. The van der Waals surface area contributed by atoms with Crippen LogP contribution in [0.4, 0.5) is 4.39 Å². The van der Waals surface area contributed by atoms with E-state index in [-0.39, 0.29) is 35.3 Å². The maximum absolute atomic E-state index is 13.6. The first-order valence-corrected chi connectivity index (χ1v) is 7.70. The molecule has 0 unspecified atom stereocenters. The van der Waals surface area contributed by atoms with Crippen LogP contribution in [0.15, 0.2) is 24.4 Å². The Morgan fingerprint density at radius 3 is 2.83 bits per heavy atom. The van der Waals surface area contributed by atoms with Gasteiger partial charge in [-0.05, 0) is 25.1 Å². The molecule has 1 aliphatic heterocycles. The second-order valence-electron chi connectivity index (χ2n) is 5.55. The molecule has 1 aliphatic rings. The Morgan fingerprint density at radius 1 is 1.39 bits per heavy atom. The number of rotatable bonds is 4. The van der Waals surface area contributed by atoms with Gasteiger partial charge in [0.05, 0.1) is 17.7 Å². The quantitative estimate of drug-likeness (QED) is 0.531. The van der Waals surface area contributed by atoms with Crippen molar-refractivity contribution in [3.05, 3.63) is 35.8 Å². The van der Waals surface area contributed by atoms with E-state index in [1.54, 1.807) is 17.6 Å². The van der Waals surface area contributed by atoms with Gasteiger partial charge in [0.15, 0.2) is 6.21 Å². The molecule has 23 heavy (non-hydrogen) atoms. The lowest BCUT2D eigenvalue weighted by Gasteiger charge is -2.04. The molecular weight excluding hydrogens is 363 g/mol. The van der Waals surface area contributed by atoms with Crippen LogP contribution in [0.3, 0.4) is 0 Å². The van der Waals surface area contributed by atoms with E-state index in [0.717, 1.165) is 29.6 Å². The SMILES string of the molecule is CCOC(=O)Cn1cc(C=[N+]2CCCC2)c2ccc(F)cc21.[Br-]. The van der Waals surface area contributed by atoms with Crippen molar-refractivity contribution < 1.29 is 35.5 Å². The van der Waals surface area contributed by atoms with Crippen LogP contribution in [-0.2, 0) is 16.1 Å². The van der Waals surface area contributed by atoms with E-state index in [2.05, 4.69) is 10.8 Å². The number of benzene rings is 1. The van der Waals surface area contributed by atoms with Crippen molar-refractivity contribution in [2.75, 3.05) is 19.7 Å². The Bertz CT molecular complexity index is 732. The molecule has 1 fully saturated rings. The van der Waals surface area contributed by atoms with E-state index in [1.165, 1.54) is 25.0 Å². The first-order valence-electron chi connectivity index (χ1n) is 7.70. The summed E-state index contributed by atoms with van der Waals surface area (Å²) < 4.78 is 22.6. The maximum Gasteiger partial charge on any atom is 0.325 e. The van der Waals surface area contributed by atoms with Crippen molar-refractivity contribution in [3.8, 4) is 0 Å². The Hall–Kier alpha value is -1.69. The maximum atomic E-state index is 13.6. The summed E-state index contributed by atoms with van der Waals surface area (Å²) >= 11 is 0. The molecule has 0 amide bonds. The average Bonchev–Trinajstić information content (AvgIpc) is 3.09. The average molecular weight is 383 g/mol. The number of hydrogen-bond donors (Lipinski definition) is 0. The molecule has 0 radical (unpaired) electrons. The number of nitrogens with zero attached hydrogens (tertiary/aromatic N) is 2. The van der Waals surface area contributed by atoms with Crippen molar-refractivity contribution in [3.63, 3.8) is 0 Å². The Morgan fingerprint density at radius 2 is 2.13 bits per heavy atom. The minimum atomic E-state index is -0.309. The van der Waals surface area contributed by atoms with Gasteiger partial charge in [-0.2, -0.15) is 0 Å². The van der Waals surface area contributed by atoms with Crippen LogP contribution < -0.4 is 17.0 Å². The van der Waals surface area contributed by atoms with Crippen molar-refractivity contribution in [1.82, 2.24) is 4.57 Å². The summed E-state index contributed by atoms with van der Waals surface area (Å²) in [5.74, 6) is -0.611. The van der Waals surface area contributed by atoms with Crippen molar-refractivity contribution >= 4 is 23.1 Å². The zero-order valence-corrected chi connectivity index (χ0v) is 14.7. The topological polar surface area (TPSA) is 34.2 Å². The molecule has 0 spiro atoms. The molecule has 6 heteroatoms. The first kappa shape index (κ1) is 17.7. The Labute approximate surface area is 145 Å². The fourth-order valence-corrected chi connectivity index (χ4v) is 2.94. The number of ether oxygens (including phenoxy) is 1. The third-order valence-corrected chi connectivity index (χ3v) is 3.94. The predicted molar refractivity (Wildman–Crippen MR) is 82.9 cm³/mol. The number of aromatic nitrogens is 1. The van der Waals surface area contributed by atoms with Gasteiger partial charge in [-0.25, -0.2) is 8.97 Å². The van der Waals surface area contributed by atoms with Crippen molar-refractivity contribution in [2.45, 2.75) is 26.3 Å². The van der Waals surface area contributed by atoms with Gasteiger partial charge in [0.2, 0.25) is 0 Å². The third kappa shape index (κ3) is 3.99. The third-order valence-electron chi connectivity index (χ3n) is 3.94. The molecule has 0 N–H and O–H groups in total. The highest BCUT2D eigenvalue weighted by Gasteiger charge is 2.17.